The predicted molar refractivity (Wildman–Crippen MR) is 72.0 cm³/mol. The normalized spacial score (nSPS) is 12.1. The maximum Gasteiger partial charge on any atom is 0.320 e. The van der Waals surface area contributed by atoms with E-state index in [0.717, 1.165) is 13.0 Å². The minimum Gasteiger partial charge on any atom is -0.334 e. The second-order valence-electron chi connectivity index (χ2n) is 4.48. The van der Waals surface area contributed by atoms with E-state index in [1.54, 1.807) is 21.9 Å². The van der Waals surface area contributed by atoms with Gasteiger partial charge in [0, 0.05) is 12.6 Å². The van der Waals surface area contributed by atoms with Crippen LogP contribution in [0, 0.1) is 0 Å². The molecule has 0 aliphatic heterocycles. The number of hydrogen-bond donors (Lipinski definition) is 2. The van der Waals surface area contributed by atoms with Crippen molar-refractivity contribution < 1.29 is 4.79 Å². The van der Waals surface area contributed by atoms with Gasteiger partial charge in [-0.3, -0.25) is 14.7 Å². The van der Waals surface area contributed by atoms with Crippen LogP contribution in [-0.2, 0) is 13.1 Å². The van der Waals surface area contributed by atoms with E-state index < -0.39 is 0 Å². The number of aromatic nitrogens is 6. The number of nitrogens with one attached hydrogen (secondary N) is 2. The molecule has 0 aliphatic carbocycles. The molecule has 2 heterocycles. The molecule has 1 atom stereocenters. The first kappa shape index (κ1) is 14.0. The van der Waals surface area contributed by atoms with Crippen LogP contribution in [-0.4, -0.2) is 41.8 Å². The third kappa shape index (κ3) is 4.04. The highest BCUT2D eigenvalue weighted by molar-refractivity contribution is 5.88. The van der Waals surface area contributed by atoms with Crippen molar-refractivity contribution in [1.82, 2.24) is 35.1 Å². The van der Waals surface area contributed by atoms with Gasteiger partial charge in [-0.1, -0.05) is 12.1 Å². The summed E-state index contributed by atoms with van der Waals surface area (Å²) in [6.07, 6.45) is 5.72. The van der Waals surface area contributed by atoms with E-state index in [9.17, 15) is 4.79 Å². The van der Waals surface area contributed by atoms with Crippen molar-refractivity contribution in [2.24, 2.45) is 0 Å². The summed E-state index contributed by atoms with van der Waals surface area (Å²) in [6, 6.07) is -0.399. The Morgan fingerprint density at radius 1 is 1.45 bits per heavy atom. The number of amides is 2. The van der Waals surface area contributed by atoms with E-state index in [-0.39, 0.29) is 12.1 Å². The van der Waals surface area contributed by atoms with E-state index in [2.05, 4.69) is 31.0 Å². The van der Waals surface area contributed by atoms with Crippen LogP contribution in [0.4, 0.5) is 10.6 Å². The summed E-state index contributed by atoms with van der Waals surface area (Å²) < 4.78 is 3.34. The third-order valence-electron chi connectivity index (χ3n) is 2.54. The van der Waals surface area contributed by atoms with E-state index in [4.69, 9.17) is 0 Å². The molecular weight excluding hydrogens is 260 g/mol. The molecule has 108 valence electrons. The van der Waals surface area contributed by atoms with Crippen LogP contribution in [0.25, 0.3) is 0 Å². The maximum atomic E-state index is 11.8. The largest absolute Gasteiger partial charge is 0.334 e. The second-order valence-corrected chi connectivity index (χ2v) is 4.48. The molecule has 2 aromatic heterocycles. The van der Waals surface area contributed by atoms with Crippen LogP contribution in [0.2, 0.25) is 0 Å². The van der Waals surface area contributed by atoms with Gasteiger partial charge in [0.25, 0.3) is 0 Å². The average Bonchev–Trinajstić information content (AvgIpc) is 3.01. The molecule has 0 aromatic carbocycles. The zero-order chi connectivity index (χ0) is 14.4. The molecule has 0 fully saturated rings. The Morgan fingerprint density at radius 3 is 3.00 bits per heavy atom. The quantitative estimate of drug-likeness (QED) is 0.800. The van der Waals surface area contributed by atoms with Gasteiger partial charge in [0.1, 0.15) is 12.7 Å². The van der Waals surface area contributed by atoms with Gasteiger partial charge in [-0.2, -0.15) is 5.10 Å². The van der Waals surface area contributed by atoms with Crippen LogP contribution < -0.4 is 10.6 Å². The van der Waals surface area contributed by atoms with Crippen molar-refractivity contribution in [3.05, 3.63) is 18.9 Å². The van der Waals surface area contributed by atoms with Gasteiger partial charge in [-0.15, -0.1) is 5.10 Å². The van der Waals surface area contributed by atoms with Crippen molar-refractivity contribution in [2.75, 3.05) is 5.32 Å². The number of hydrogen-bond acceptors (Lipinski definition) is 5. The minimum atomic E-state index is -0.318. The molecule has 2 amide bonds. The van der Waals surface area contributed by atoms with Crippen molar-refractivity contribution in [3.8, 4) is 0 Å². The molecule has 9 heteroatoms. The van der Waals surface area contributed by atoms with Crippen LogP contribution >= 0.6 is 0 Å². The highest BCUT2D eigenvalue weighted by atomic mass is 16.2. The molecule has 0 aliphatic rings. The smallest absolute Gasteiger partial charge is 0.320 e. The Kier molecular flexibility index (Phi) is 4.64. The Labute approximate surface area is 116 Å². The highest BCUT2D eigenvalue weighted by Crippen LogP contribution is 2.00. The maximum absolute atomic E-state index is 11.8. The van der Waals surface area contributed by atoms with Crippen LogP contribution in [0.5, 0.6) is 0 Å². The zero-order valence-electron chi connectivity index (χ0n) is 11.5. The Hall–Kier alpha value is -2.45. The number of nitrogens with zero attached hydrogens (tertiary/aromatic N) is 6. The lowest BCUT2D eigenvalue weighted by Gasteiger charge is -2.13. The number of carbonyl (C=O) groups is 1. The number of urea groups is 1. The fourth-order valence-corrected chi connectivity index (χ4v) is 1.72. The molecule has 0 saturated heterocycles. The monoisotopic (exact) mass is 278 g/mol. The SMILES string of the molecule is CCCn1cc(NC(=O)N[C@H](C)Cn2cncn2)nn1. The van der Waals surface area contributed by atoms with Gasteiger partial charge in [0.15, 0.2) is 5.82 Å². The van der Waals surface area contributed by atoms with Gasteiger partial charge >= 0.3 is 6.03 Å². The summed E-state index contributed by atoms with van der Waals surface area (Å²) >= 11 is 0. The van der Waals surface area contributed by atoms with Gasteiger partial charge < -0.3 is 5.32 Å². The fourth-order valence-electron chi connectivity index (χ4n) is 1.72. The molecule has 2 N–H and O–H groups in total. The number of carbonyl (C=O) groups excluding carboxylic acids is 1. The highest BCUT2D eigenvalue weighted by Gasteiger charge is 2.10. The van der Waals surface area contributed by atoms with E-state index >= 15 is 0 Å². The first-order valence-electron chi connectivity index (χ1n) is 6.47. The van der Waals surface area contributed by atoms with Crippen LogP contribution in [0.3, 0.4) is 0 Å². The molecule has 0 bridgehead atoms. The fraction of sp³-hybridized carbons (Fsp3) is 0.545. The van der Waals surface area contributed by atoms with Crippen molar-refractivity contribution in [3.63, 3.8) is 0 Å². The van der Waals surface area contributed by atoms with E-state index in [0.29, 0.717) is 12.4 Å². The zero-order valence-corrected chi connectivity index (χ0v) is 11.5. The molecule has 2 aromatic rings. The first-order valence-corrected chi connectivity index (χ1v) is 6.47. The molecule has 9 nitrogen and oxygen atoms in total. The van der Waals surface area contributed by atoms with Gasteiger partial charge in [0.05, 0.1) is 12.7 Å². The summed E-state index contributed by atoms with van der Waals surface area (Å²) in [4.78, 5) is 15.6. The number of aryl methyl sites for hydroxylation is 1. The Balaban J connectivity index is 1.79. The summed E-state index contributed by atoms with van der Waals surface area (Å²) in [5.74, 6) is 0.434. The average molecular weight is 278 g/mol. The lowest BCUT2D eigenvalue weighted by molar-refractivity contribution is 0.247. The van der Waals surface area contributed by atoms with Crippen molar-refractivity contribution >= 4 is 11.8 Å². The molecular formula is C11H18N8O. The summed E-state index contributed by atoms with van der Waals surface area (Å²) in [5.41, 5.74) is 0. The second kappa shape index (κ2) is 6.64. The topological polar surface area (TPSA) is 103 Å². The molecule has 0 unspecified atom stereocenters. The summed E-state index contributed by atoms with van der Waals surface area (Å²) in [6.45, 7) is 5.26. The standard InChI is InChI=1S/C11H18N8O/c1-3-4-18-6-10(16-17-18)15-11(20)14-9(2)5-19-8-12-7-13-19/h6-9H,3-5H2,1-2H3,(H2,14,15,20)/t9-/m1/s1. The van der Waals surface area contributed by atoms with Gasteiger partial charge in [0.2, 0.25) is 0 Å². The molecule has 2 rings (SSSR count). The predicted octanol–water partition coefficient (Wildman–Crippen LogP) is 0.490. The van der Waals surface area contributed by atoms with Gasteiger partial charge in [-0.25, -0.2) is 9.78 Å². The van der Waals surface area contributed by atoms with Crippen molar-refractivity contribution in [1.29, 1.82) is 0 Å². The van der Waals surface area contributed by atoms with Gasteiger partial charge in [-0.05, 0) is 13.3 Å². The molecule has 0 radical (unpaired) electrons. The third-order valence-corrected chi connectivity index (χ3v) is 2.54. The minimum absolute atomic E-state index is 0.0811. The lowest BCUT2D eigenvalue weighted by atomic mass is 10.3. The van der Waals surface area contributed by atoms with Crippen LogP contribution in [0.1, 0.15) is 20.3 Å². The number of rotatable bonds is 6. The molecule has 0 saturated carbocycles. The van der Waals surface area contributed by atoms with Crippen molar-refractivity contribution in [2.45, 2.75) is 39.4 Å². The summed E-state index contributed by atoms with van der Waals surface area (Å²) in [5, 5.41) is 17.2. The molecule has 20 heavy (non-hydrogen) atoms. The molecule has 0 spiro atoms. The van der Waals surface area contributed by atoms with E-state index in [1.165, 1.54) is 6.33 Å². The van der Waals surface area contributed by atoms with E-state index in [1.807, 2.05) is 13.8 Å². The summed E-state index contributed by atoms with van der Waals surface area (Å²) in [7, 11) is 0. The van der Waals surface area contributed by atoms with Crippen LogP contribution in [0.15, 0.2) is 18.9 Å². The first-order chi connectivity index (χ1) is 9.67. The lowest BCUT2D eigenvalue weighted by Crippen LogP contribution is -2.38. The Morgan fingerprint density at radius 2 is 2.30 bits per heavy atom. The Bertz CT molecular complexity index is 534. The number of anilines is 1.